The summed E-state index contributed by atoms with van der Waals surface area (Å²) in [6.45, 7) is 2.55. The topological polar surface area (TPSA) is 40.5 Å². The minimum Gasteiger partial charge on any atom is -0.508 e. The van der Waals surface area contributed by atoms with Gasteiger partial charge < -0.3 is 10.0 Å². The van der Waals surface area contributed by atoms with Gasteiger partial charge >= 0.3 is 0 Å². The summed E-state index contributed by atoms with van der Waals surface area (Å²) >= 11 is 12.3. The number of amides is 1. The molecule has 3 rings (SSSR count). The summed E-state index contributed by atoms with van der Waals surface area (Å²) in [5.74, 6) is 0.289. The lowest BCUT2D eigenvalue weighted by Crippen LogP contribution is -2.39. The second-order valence-corrected chi connectivity index (χ2v) is 6.55. The Morgan fingerprint density at radius 3 is 2.57 bits per heavy atom. The number of rotatable bonds is 2. The number of fused-ring (bicyclic) bond motifs is 1. The lowest BCUT2D eigenvalue weighted by molar-refractivity contribution is -0.133. The van der Waals surface area contributed by atoms with E-state index in [2.05, 4.69) is 0 Å². The molecule has 0 saturated carbocycles. The van der Waals surface area contributed by atoms with Gasteiger partial charge in [-0.3, -0.25) is 4.79 Å². The van der Waals surface area contributed by atoms with Crippen molar-refractivity contribution in [3.63, 3.8) is 0 Å². The smallest absolute Gasteiger partial charge is 0.227 e. The summed E-state index contributed by atoms with van der Waals surface area (Å²) in [5.41, 5.74) is 2.59. The highest BCUT2D eigenvalue weighted by atomic mass is 35.5. The third-order valence-electron chi connectivity index (χ3n) is 4.42. The number of carbonyl (C=O) groups is 1. The molecule has 0 bridgehead atoms. The fourth-order valence-electron chi connectivity index (χ4n) is 3.14. The van der Waals surface area contributed by atoms with Crippen molar-refractivity contribution in [3.05, 3.63) is 63.1 Å². The summed E-state index contributed by atoms with van der Waals surface area (Å²) in [5, 5.41) is 11.0. The zero-order valence-corrected chi connectivity index (χ0v) is 14.2. The number of hydrogen-bond acceptors (Lipinski definition) is 2. The number of nitrogens with zero attached hydrogens (tertiary/aromatic N) is 1. The molecule has 0 aromatic heterocycles. The number of halogens is 2. The molecule has 5 heteroatoms. The van der Waals surface area contributed by atoms with Gasteiger partial charge in [0.25, 0.3) is 0 Å². The Balaban J connectivity index is 1.84. The predicted octanol–water partition coefficient (Wildman–Crippen LogP) is 4.39. The molecule has 3 nitrogen and oxygen atoms in total. The number of hydrogen-bond donors (Lipinski definition) is 1. The molecule has 1 aliphatic heterocycles. The van der Waals surface area contributed by atoms with E-state index in [1.165, 1.54) is 0 Å². The molecule has 2 aromatic rings. The Bertz CT molecular complexity index is 740. The zero-order valence-electron chi connectivity index (χ0n) is 12.7. The van der Waals surface area contributed by atoms with Crippen molar-refractivity contribution in [2.45, 2.75) is 25.8 Å². The van der Waals surface area contributed by atoms with Gasteiger partial charge in [-0.1, -0.05) is 41.4 Å². The first-order valence-corrected chi connectivity index (χ1v) is 8.27. The van der Waals surface area contributed by atoms with E-state index in [0.29, 0.717) is 34.3 Å². The number of carbonyl (C=O) groups excluding carboxylic acids is 1. The first kappa shape index (κ1) is 16.2. The van der Waals surface area contributed by atoms with Crippen LogP contribution in [0.3, 0.4) is 0 Å². The van der Waals surface area contributed by atoms with Crippen molar-refractivity contribution in [1.29, 1.82) is 0 Å². The van der Waals surface area contributed by atoms with E-state index in [-0.39, 0.29) is 18.4 Å². The Hall–Kier alpha value is -1.71. The minimum absolute atomic E-state index is 0.0125. The predicted molar refractivity (Wildman–Crippen MR) is 92.1 cm³/mol. The molecule has 0 saturated heterocycles. The largest absolute Gasteiger partial charge is 0.508 e. The molecular weight excluding hydrogens is 333 g/mol. The van der Waals surface area contributed by atoms with Crippen LogP contribution in [0.15, 0.2) is 36.4 Å². The monoisotopic (exact) mass is 349 g/mol. The lowest BCUT2D eigenvalue weighted by atomic mass is 9.92. The first-order chi connectivity index (χ1) is 11.0. The van der Waals surface area contributed by atoms with Gasteiger partial charge in [-0.2, -0.15) is 0 Å². The van der Waals surface area contributed by atoms with Gasteiger partial charge in [0.2, 0.25) is 5.91 Å². The fourth-order valence-corrected chi connectivity index (χ4v) is 3.68. The number of aromatic hydroxyl groups is 1. The molecule has 23 heavy (non-hydrogen) atoms. The highest BCUT2D eigenvalue weighted by Gasteiger charge is 2.29. The van der Waals surface area contributed by atoms with Crippen LogP contribution in [0, 0.1) is 0 Å². The van der Waals surface area contributed by atoms with Crippen LogP contribution in [0.5, 0.6) is 5.75 Å². The van der Waals surface area contributed by atoms with Gasteiger partial charge in [-0.15, -0.1) is 0 Å². The first-order valence-electron chi connectivity index (χ1n) is 7.52. The van der Waals surface area contributed by atoms with Gasteiger partial charge in [0.1, 0.15) is 5.75 Å². The van der Waals surface area contributed by atoms with Crippen molar-refractivity contribution in [1.82, 2.24) is 4.90 Å². The van der Waals surface area contributed by atoms with E-state index < -0.39 is 0 Å². The third kappa shape index (κ3) is 3.04. The quantitative estimate of drug-likeness (QED) is 0.873. The van der Waals surface area contributed by atoms with Crippen LogP contribution < -0.4 is 0 Å². The normalized spacial score (nSPS) is 17.0. The number of benzene rings is 2. The number of phenols is 1. The summed E-state index contributed by atoms with van der Waals surface area (Å²) in [6.07, 6.45) is 0.825. The molecule has 1 N–H and O–H groups in total. The minimum atomic E-state index is -0.0837. The summed E-state index contributed by atoms with van der Waals surface area (Å²) in [7, 11) is 0. The van der Waals surface area contributed by atoms with Gasteiger partial charge in [-0.05, 0) is 42.7 Å². The van der Waals surface area contributed by atoms with Crippen molar-refractivity contribution in [3.8, 4) is 5.75 Å². The van der Waals surface area contributed by atoms with Crippen LogP contribution >= 0.6 is 23.2 Å². The molecule has 1 aliphatic rings. The highest BCUT2D eigenvalue weighted by Crippen LogP contribution is 2.35. The third-order valence-corrected chi connectivity index (χ3v) is 5.13. The molecule has 120 valence electrons. The molecule has 0 radical (unpaired) electrons. The van der Waals surface area contributed by atoms with E-state index in [1.54, 1.807) is 24.3 Å². The molecule has 2 aromatic carbocycles. The molecule has 0 fully saturated rings. The maximum Gasteiger partial charge on any atom is 0.227 e. The van der Waals surface area contributed by atoms with Gasteiger partial charge in [-0.25, -0.2) is 0 Å². The lowest BCUT2D eigenvalue weighted by Gasteiger charge is -2.35. The summed E-state index contributed by atoms with van der Waals surface area (Å²) in [4.78, 5) is 14.5. The van der Waals surface area contributed by atoms with Crippen LogP contribution in [0.25, 0.3) is 0 Å². The van der Waals surface area contributed by atoms with E-state index in [9.17, 15) is 9.90 Å². The molecule has 0 unspecified atom stereocenters. The zero-order chi connectivity index (χ0) is 16.6. The molecule has 1 heterocycles. The molecule has 1 atom stereocenters. The Kier molecular flexibility index (Phi) is 4.51. The van der Waals surface area contributed by atoms with Gasteiger partial charge in [0.15, 0.2) is 0 Å². The van der Waals surface area contributed by atoms with E-state index in [1.807, 2.05) is 24.0 Å². The van der Waals surface area contributed by atoms with Crippen LogP contribution in [0.4, 0.5) is 0 Å². The van der Waals surface area contributed by atoms with Gasteiger partial charge in [0, 0.05) is 22.2 Å². The van der Waals surface area contributed by atoms with E-state index in [0.717, 1.165) is 11.1 Å². The Morgan fingerprint density at radius 2 is 1.87 bits per heavy atom. The molecular formula is C18H17Cl2NO2. The second-order valence-electron chi connectivity index (χ2n) is 5.74. The maximum absolute atomic E-state index is 12.7. The average Bonchev–Trinajstić information content (AvgIpc) is 2.52. The molecule has 0 aliphatic carbocycles. The summed E-state index contributed by atoms with van der Waals surface area (Å²) < 4.78 is 0. The van der Waals surface area contributed by atoms with Crippen LogP contribution in [-0.4, -0.2) is 22.5 Å². The van der Waals surface area contributed by atoms with Crippen molar-refractivity contribution >= 4 is 29.1 Å². The van der Waals surface area contributed by atoms with Crippen molar-refractivity contribution in [2.24, 2.45) is 0 Å². The van der Waals surface area contributed by atoms with E-state index in [4.69, 9.17) is 23.2 Å². The maximum atomic E-state index is 12.7. The fraction of sp³-hybridized carbons (Fsp3) is 0.278. The molecule has 0 spiro atoms. The van der Waals surface area contributed by atoms with Crippen molar-refractivity contribution in [2.75, 3.05) is 6.54 Å². The average molecular weight is 350 g/mol. The Labute approximate surface area is 145 Å². The number of phenolic OH excluding ortho intramolecular Hbond substituents is 1. The Morgan fingerprint density at radius 1 is 1.22 bits per heavy atom. The second kappa shape index (κ2) is 6.42. The summed E-state index contributed by atoms with van der Waals surface area (Å²) in [6, 6.07) is 10.6. The highest BCUT2D eigenvalue weighted by molar-refractivity contribution is 6.36. The van der Waals surface area contributed by atoms with Crippen LogP contribution in [-0.2, 0) is 17.6 Å². The van der Waals surface area contributed by atoms with Crippen LogP contribution in [0.1, 0.15) is 29.7 Å². The SMILES string of the molecule is C[C@H]1c2cccc(O)c2CCN1C(=O)Cc1c(Cl)cccc1Cl. The van der Waals surface area contributed by atoms with Crippen molar-refractivity contribution < 1.29 is 9.90 Å². The van der Waals surface area contributed by atoms with E-state index >= 15 is 0 Å². The van der Waals surface area contributed by atoms with Crippen LogP contribution in [0.2, 0.25) is 10.0 Å². The molecule has 1 amide bonds. The standard InChI is InChI=1S/C18H17Cl2NO2/c1-11-12-4-2-7-17(22)13(12)8-9-21(11)18(23)10-14-15(19)5-3-6-16(14)20/h2-7,11,22H,8-10H2,1H3/t11-/m0/s1. The van der Waals surface area contributed by atoms with Gasteiger partial charge in [0.05, 0.1) is 12.5 Å².